The number of nitrogens with one attached hydrogen (secondary N) is 3. The maximum Gasteiger partial charge on any atom is 0.261 e. The SMILES string of the molecule is CCNC(=NCCCNC(=O)c1cccs1)NCCc1ccccc1OC.I. The normalized spacial score (nSPS) is 10.7. The average molecular weight is 516 g/mol. The van der Waals surface area contributed by atoms with Crippen LogP contribution in [0.25, 0.3) is 0 Å². The number of para-hydroxylation sites is 1. The van der Waals surface area contributed by atoms with Crippen LogP contribution in [-0.2, 0) is 6.42 Å². The summed E-state index contributed by atoms with van der Waals surface area (Å²) >= 11 is 1.45. The minimum absolute atomic E-state index is 0. The molecule has 0 aliphatic rings. The van der Waals surface area contributed by atoms with Gasteiger partial charge in [-0.25, -0.2) is 0 Å². The second-order valence-corrected chi connectivity index (χ2v) is 6.78. The minimum atomic E-state index is -0.0178. The van der Waals surface area contributed by atoms with Gasteiger partial charge in [0.2, 0.25) is 0 Å². The Morgan fingerprint density at radius 3 is 2.64 bits per heavy atom. The highest BCUT2D eigenvalue weighted by Crippen LogP contribution is 2.17. The highest BCUT2D eigenvalue weighted by molar-refractivity contribution is 14.0. The average Bonchev–Trinajstić information content (AvgIpc) is 3.23. The second kappa shape index (κ2) is 14.2. The van der Waals surface area contributed by atoms with Gasteiger partial charge in [-0.2, -0.15) is 0 Å². The van der Waals surface area contributed by atoms with Gasteiger partial charge in [0.05, 0.1) is 12.0 Å². The summed E-state index contributed by atoms with van der Waals surface area (Å²) in [5.74, 6) is 1.68. The number of nitrogens with zero attached hydrogens (tertiary/aromatic N) is 1. The summed E-state index contributed by atoms with van der Waals surface area (Å²) in [4.78, 5) is 17.2. The predicted octanol–water partition coefficient (Wildman–Crippen LogP) is 3.29. The van der Waals surface area contributed by atoms with Gasteiger partial charge in [-0.15, -0.1) is 35.3 Å². The van der Waals surface area contributed by atoms with Crippen LogP contribution < -0.4 is 20.7 Å². The number of halogens is 1. The van der Waals surface area contributed by atoms with E-state index in [-0.39, 0.29) is 29.9 Å². The number of methoxy groups -OCH3 is 1. The van der Waals surface area contributed by atoms with Crippen LogP contribution in [0, 0.1) is 0 Å². The van der Waals surface area contributed by atoms with Crippen molar-refractivity contribution in [3.8, 4) is 5.75 Å². The van der Waals surface area contributed by atoms with Crippen LogP contribution in [0.5, 0.6) is 5.75 Å². The fourth-order valence-corrected chi connectivity index (χ4v) is 3.17. The van der Waals surface area contributed by atoms with Crippen LogP contribution in [0.2, 0.25) is 0 Å². The maximum atomic E-state index is 11.9. The monoisotopic (exact) mass is 516 g/mol. The topological polar surface area (TPSA) is 74.8 Å². The Hall–Kier alpha value is -1.81. The highest BCUT2D eigenvalue weighted by atomic mass is 127. The van der Waals surface area contributed by atoms with Gasteiger partial charge in [-0.3, -0.25) is 9.79 Å². The molecular weight excluding hydrogens is 487 g/mol. The second-order valence-electron chi connectivity index (χ2n) is 5.84. The van der Waals surface area contributed by atoms with Crippen molar-refractivity contribution in [2.75, 3.05) is 33.3 Å². The summed E-state index contributed by atoms with van der Waals surface area (Å²) in [5, 5.41) is 11.4. The molecule has 0 unspecified atom stereocenters. The predicted molar refractivity (Wildman–Crippen MR) is 127 cm³/mol. The van der Waals surface area contributed by atoms with Gasteiger partial charge in [0.1, 0.15) is 5.75 Å². The van der Waals surface area contributed by atoms with Crippen molar-refractivity contribution in [1.29, 1.82) is 0 Å². The van der Waals surface area contributed by atoms with Gasteiger partial charge in [0, 0.05) is 26.2 Å². The van der Waals surface area contributed by atoms with Gasteiger partial charge in [0.25, 0.3) is 5.91 Å². The van der Waals surface area contributed by atoms with E-state index >= 15 is 0 Å². The lowest BCUT2D eigenvalue weighted by molar-refractivity contribution is 0.0957. The van der Waals surface area contributed by atoms with E-state index in [1.54, 1.807) is 7.11 Å². The number of aliphatic imine (C=N–C) groups is 1. The minimum Gasteiger partial charge on any atom is -0.496 e. The number of rotatable bonds is 10. The molecule has 6 nitrogen and oxygen atoms in total. The van der Waals surface area contributed by atoms with Gasteiger partial charge < -0.3 is 20.7 Å². The highest BCUT2D eigenvalue weighted by Gasteiger charge is 2.05. The van der Waals surface area contributed by atoms with E-state index in [0.717, 1.165) is 42.5 Å². The molecule has 0 aliphatic carbocycles. The molecule has 0 saturated heterocycles. The van der Waals surface area contributed by atoms with Crippen molar-refractivity contribution in [3.63, 3.8) is 0 Å². The largest absolute Gasteiger partial charge is 0.496 e. The van der Waals surface area contributed by atoms with E-state index in [4.69, 9.17) is 4.74 Å². The van der Waals surface area contributed by atoms with E-state index < -0.39 is 0 Å². The first-order chi connectivity index (χ1) is 13.2. The number of benzene rings is 1. The zero-order chi connectivity index (χ0) is 19.3. The Morgan fingerprint density at radius 1 is 1.11 bits per heavy atom. The Labute approximate surface area is 188 Å². The quantitative estimate of drug-likeness (QED) is 0.196. The van der Waals surface area contributed by atoms with Gasteiger partial charge in [-0.05, 0) is 42.8 Å². The molecule has 0 atom stereocenters. The molecule has 1 amide bonds. The standard InChI is InChI=1S/C20H28N4O2S.HI/c1-3-21-20(24-14-11-16-8-4-5-9-17(16)26-2)23-13-7-12-22-19(25)18-10-6-15-27-18;/h4-6,8-10,15H,3,7,11-14H2,1-2H3,(H,22,25)(H2,21,23,24);1H. The molecule has 0 radical (unpaired) electrons. The molecule has 154 valence electrons. The van der Waals surface area contributed by atoms with Gasteiger partial charge in [0.15, 0.2) is 5.96 Å². The lowest BCUT2D eigenvalue weighted by atomic mass is 10.1. The number of carbonyl (C=O) groups is 1. The van der Waals surface area contributed by atoms with E-state index in [2.05, 4.69) is 27.0 Å². The van der Waals surface area contributed by atoms with Crippen molar-refractivity contribution in [3.05, 3.63) is 52.2 Å². The van der Waals surface area contributed by atoms with Crippen LogP contribution in [0.3, 0.4) is 0 Å². The Morgan fingerprint density at radius 2 is 1.93 bits per heavy atom. The van der Waals surface area contributed by atoms with Crippen molar-refractivity contribution < 1.29 is 9.53 Å². The summed E-state index contributed by atoms with van der Waals surface area (Å²) in [6.45, 7) is 4.87. The first kappa shape index (κ1) is 24.2. The maximum absolute atomic E-state index is 11.9. The third-order valence-corrected chi connectivity index (χ3v) is 4.73. The summed E-state index contributed by atoms with van der Waals surface area (Å²) in [7, 11) is 1.69. The third-order valence-electron chi connectivity index (χ3n) is 3.86. The molecule has 0 spiro atoms. The number of thiophene rings is 1. The van der Waals surface area contributed by atoms with Crippen LogP contribution in [-0.4, -0.2) is 45.2 Å². The molecule has 0 saturated carbocycles. The Bertz CT molecular complexity index is 723. The lowest BCUT2D eigenvalue weighted by Gasteiger charge is -2.12. The van der Waals surface area contributed by atoms with Gasteiger partial charge >= 0.3 is 0 Å². The Kier molecular flexibility index (Phi) is 12.3. The van der Waals surface area contributed by atoms with E-state index in [1.165, 1.54) is 16.9 Å². The van der Waals surface area contributed by atoms with E-state index in [1.807, 2.05) is 42.6 Å². The molecular formula is C20H29IN4O2S. The van der Waals surface area contributed by atoms with Crippen LogP contribution in [0.4, 0.5) is 0 Å². The third kappa shape index (κ3) is 8.47. The number of amides is 1. The molecule has 2 rings (SSSR count). The molecule has 1 heterocycles. The van der Waals surface area contributed by atoms with E-state index in [0.29, 0.717) is 13.1 Å². The molecule has 28 heavy (non-hydrogen) atoms. The molecule has 0 bridgehead atoms. The molecule has 3 N–H and O–H groups in total. The fourth-order valence-electron chi connectivity index (χ4n) is 2.53. The smallest absolute Gasteiger partial charge is 0.261 e. The first-order valence-electron chi connectivity index (χ1n) is 9.20. The number of ether oxygens (including phenoxy) is 1. The van der Waals surface area contributed by atoms with Crippen LogP contribution in [0.1, 0.15) is 28.6 Å². The van der Waals surface area contributed by atoms with Gasteiger partial charge in [-0.1, -0.05) is 24.3 Å². The summed E-state index contributed by atoms with van der Waals surface area (Å²) in [5.41, 5.74) is 1.17. The summed E-state index contributed by atoms with van der Waals surface area (Å²) < 4.78 is 5.38. The van der Waals surface area contributed by atoms with Crippen LogP contribution in [0.15, 0.2) is 46.8 Å². The number of carbonyl (C=O) groups excluding carboxylic acids is 1. The number of hydrogen-bond acceptors (Lipinski definition) is 4. The zero-order valence-corrected chi connectivity index (χ0v) is 19.5. The van der Waals surface area contributed by atoms with E-state index in [9.17, 15) is 4.79 Å². The summed E-state index contributed by atoms with van der Waals surface area (Å²) in [6, 6.07) is 11.7. The van der Waals surface area contributed by atoms with Crippen molar-refractivity contribution in [2.45, 2.75) is 19.8 Å². The van der Waals surface area contributed by atoms with Crippen molar-refractivity contribution in [2.24, 2.45) is 4.99 Å². The van der Waals surface area contributed by atoms with Crippen LogP contribution >= 0.6 is 35.3 Å². The molecule has 1 aromatic heterocycles. The number of hydrogen-bond donors (Lipinski definition) is 3. The lowest BCUT2D eigenvalue weighted by Crippen LogP contribution is -2.38. The fraction of sp³-hybridized carbons (Fsp3) is 0.400. The van der Waals surface area contributed by atoms with Crippen molar-refractivity contribution >= 4 is 47.2 Å². The first-order valence-corrected chi connectivity index (χ1v) is 10.1. The Balaban J connectivity index is 0.00000392. The molecule has 0 aliphatic heterocycles. The molecule has 2 aromatic rings. The zero-order valence-electron chi connectivity index (χ0n) is 16.4. The number of guanidine groups is 1. The molecule has 1 aromatic carbocycles. The molecule has 0 fully saturated rings. The molecule has 8 heteroatoms. The van der Waals surface area contributed by atoms with Crippen molar-refractivity contribution in [1.82, 2.24) is 16.0 Å². The summed E-state index contributed by atoms with van der Waals surface area (Å²) in [6.07, 6.45) is 1.64.